The first-order chi connectivity index (χ1) is 13.1. The number of hydrogen-bond donors (Lipinski definition) is 3. The summed E-state index contributed by atoms with van der Waals surface area (Å²) in [7, 11) is 0. The van der Waals surface area contributed by atoms with Gasteiger partial charge in [-0.05, 0) is 24.0 Å². The second-order valence-corrected chi connectivity index (χ2v) is 6.19. The van der Waals surface area contributed by atoms with E-state index in [1.807, 2.05) is 26.0 Å². The van der Waals surface area contributed by atoms with E-state index in [9.17, 15) is 9.18 Å². The third-order valence-electron chi connectivity index (χ3n) is 4.00. The largest absolute Gasteiger partial charge is 0.395 e. The highest BCUT2D eigenvalue weighted by molar-refractivity contribution is 7.98. The summed E-state index contributed by atoms with van der Waals surface area (Å²) >= 11 is 1.29. The summed E-state index contributed by atoms with van der Waals surface area (Å²) in [5.74, 6) is -0.0230. The minimum atomic E-state index is -0.462. The van der Waals surface area contributed by atoms with Crippen LogP contribution in [0.25, 0.3) is 27.5 Å². The van der Waals surface area contributed by atoms with E-state index in [0.717, 1.165) is 22.0 Å². The third kappa shape index (κ3) is 3.10. The van der Waals surface area contributed by atoms with Crippen molar-refractivity contribution in [3.8, 4) is 11.1 Å². The molecule has 4 aromatic rings. The summed E-state index contributed by atoms with van der Waals surface area (Å²) in [6.07, 6.45) is 5.76. The lowest BCUT2D eigenvalue weighted by atomic mass is 10.0. The molecule has 0 atom stereocenters. The molecule has 0 aliphatic heterocycles. The first-order valence-corrected chi connectivity index (χ1v) is 9.54. The molecule has 3 heterocycles. The second-order valence-electron chi connectivity index (χ2n) is 5.37. The number of carbonyl (C=O) groups is 1. The Balaban J connectivity index is 0.00000102. The van der Waals surface area contributed by atoms with Crippen molar-refractivity contribution in [1.82, 2.24) is 19.8 Å². The first kappa shape index (κ1) is 18.7. The number of thioether (sulfide) groups is 1. The average molecular weight is 386 g/mol. The number of nitrogen functional groups attached to an aromatic ring is 1. The Labute approximate surface area is 159 Å². The number of aromatic amines is 1. The second kappa shape index (κ2) is 7.67. The normalized spacial score (nSPS) is 10.7. The van der Waals surface area contributed by atoms with E-state index in [1.54, 1.807) is 29.2 Å². The van der Waals surface area contributed by atoms with Gasteiger partial charge in [0.25, 0.3) is 0 Å². The van der Waals surface area contributed by atoms with Crippen molar-refractivity contribution in [3.63, 3.8) is 0 Å². The van der Waals surface area contributed by atoms with Gasteiger partial charge in [-0.25, -0.2) is 8.91 Å². The fraction of sp³-hybridized carbons (Fsp3) is 0.167. The number of nitrogens with one attached hydrogen (secondary N) is 2. The van der Waals surface area contributed by atoms with E-state index in [2.05, 4.69) is 20.6 Å². The maximum Gasteiger partial charge on any atom is 0.212 e. The molecule has 140 valence electrons. The SMILES string of the molecule is CC.CSc1c(F)c(N)c2[nH]ncc2c1-c1ccn2nc(NC=O)cc2c1. The zero-order valence-electron chi connectivity index (χ0n) is 15.1. The smallest absolute Gasteiger partial charge is 0.212 e. The van der Waals surface area contributed by atoms with Gasteiger partial charge >= 0.3 is 0 Å². The number of nitrogens with two attached hydrogens (primary N) is 1. The highest BCUT2D eigenvalue weighted by Crippen LogP contribution is 2.41. The highest BCUT2D eigenvalue weighted by Gasteiger charge is 2.20. The van der Waals surface area contributed by atoms with Crippen molar-refractivity contribution in [2.45, 2.75) is 18.7 Å². The van der Waals surface area contributed by atoms with Crippen LogP contribution in [0.1, 0.15) is 13.8 Å². The van der Waals surface area contributed by atoms with Gasteiger partial charge in [0, 0.05) is 23.2 Å². The molecule has 4 N–H and O–H groups in total. The molecule has 9 heteroatoms. The van der Waals surface area contributed by atoms with Crippen molar-refractivity contribution in [1.29, 1.82) is 0 Å². The van der Waals surface area contributed by atoms with E-state index in [4.69, 9.17) is 5.73 Å². The topological polar surface area (TPSA) is 101 Å². The molecule has 0 unspecified atom stereocenters. The molecule has 1 amide bonds. The van der Waals surface area contributed by atoms with E-state index in [1.165, 1.54) is 11.8 Å². The minimum Gasteiger partial charge on any atom is -0.395 e. The van der Waals surface area contributed by atoms with Crippen molar-refractivity contribution >= 4 is 46.1 Å². The van der Waals surface area contributed by atoms with Gasteiger partial charge in [0.05, 0.1) is 27.8 Å². The lowest BCUT2D eigenvalue weighted by Gasteiger charge is -2.13. The standard InChI is InChI=1S/C16H13FN6OS.C2H6/c1-25-16-12(10-6-20-21-15(10)14(18)13(16)17)8-2-3-23-9(4-8)5-11(22-23)19-7-24;1-2/h2-7H,18H2,1H3,(H,20,21)(H,19,22,24);1-2H3. The molecular weight excluding hydrogens is 367 g/mol. The van der Waals surface area contributed by atoms with E-state index in [0.29, 0.717) is 22.6 Å². The van der Waals surface area contributed by atoms with Gasteiger partial charge in [0.15, 0.2) is 11.6 Å². The average Bonchev–Trinajstić information content (AvgIpc) is 3.32. The molecular formula is C18H19FN6OS. The fourth-order valence-electron chi connectivity index (χ4n) is 2.90. The molecule has 27 heavy (non-hydrogen) atoms. The van der Waals surface area contributed by atoms with E-state index >= 15 is 0 Å². The number of rotatable bonds is 4. The summed E-state index contributed by atoms with van der Waals surface area (Å²) in [4.78, 5) is 11.0. The van der Waals surface area contributed by atoms with Gasteiger partial charge in [0.1, 0.15) is 0 Å². The molecule has 7 nitrogen and oxygen atoms in total. The van der Waals surface area contributed by atoms with Gasteiger partial charge in [0.2, 0.25) is 6.41 Å². The molecule has 3 aromatic heterocycles. The van der Waals surface area contributed by atoms with Crippen LogP contribution in [0.4, 0.5) is 15.9 Å². The van der Waals surface area contributed by atoms with Crippen molar-refractivity contribution in [2.24, 2.45) is 0 Å². The van der Waals surface area contributed by atoms with Gasteiger partial charge in [-0.1, -0.05) is 13.8 Å². The first-order valence-electron chi connectivity index (χ1n) is 8.32. The number of benzene rings is 1. The summed E-state index contributed by atoms with van der Waals surface area (Å²) in [5.41, 5.74) is 8.72. The summed E-state index contributed by atoms with van der Waals surface area (Å²) < 4.78 is 16.3. The van der Waals surface area contributed by atoms with Gasteiger partial charge in [-0.15, -0.1) is 11.8 Å². The predicted molar refractivity (Wildman–Crippen MR) is 107 cm³/mol. The molecule has 0 fully saturated rings. The molecule has 0 aliphatic rings. The molecule has 0 aliphatic carbocycles. The quantitative estimate of drug-likeness (QED) is 0.280. The number of aromatic nitrogens is 4. The van der Waals surface area contributed by atoms with Crippen LogP contribution in [0.3, 0.4) is 0 Å². The third-order valence-corrected chi connectivity index (χ3v) is 4.80. The summed E-state index contributed by atoms with van der Waals surface area (Å²) in [6, 6.07) is 5.44. The molecule has 0 saturated heterocycles. The molecule has 1 aromatic carbocycles. The predicted octanol–water partition coefficient (Wildman–Crippen LogP) is 3.92. The zero-order valence-corrected chi connectivity index (χ0v) is 15.9. The van der Waals surface area contributed by atoms with Crippen LogP contribution in [0.15, 0.2) is 35.5 Å². The lowest BCUT2D eigenvalue weighted by molar-refractivity contribution is -0.105. The van der Waals surface area contributed by atoms with Crippen molar-refractivity contribution < 1.29 is 9.18 Å². The maximum absolute atomic E-state index is 14.7. The highest BCUT2D eigenvalue weighted by atomic mass is 32.2. The number of fused-ring (bicyclic) bond motifs is 2. The van der Waals surface area contributed by atoms with E-state index < -0.39 is 5.82 Å². The van der Waals surface area contributed by atoms with Gasteiger partial charge < -0.3 is 11.1 Å². The van der Waals surface area contributed by atoms with Crippen LogP contribution >= 0.6 is 11.8 Å². The number of hydrogen-bond acceptors (Lipinski definition) is 5. The Morgan fingerprint density at radius 2 is 2.15 bits per heavy atom. The Bertz CT molecular complexity index is 1120. The molecule has 0 spiro atoms. The van der Waals surface area contributed by atoms with Crippen LogP contribution in [-0.2, 0) is 4.79 Å². The van der Waals surface area contributed by atoms with Crippen LogP contribution < -0.4 is 11.1 Å². The number of nitrogens with zero attached hydrogens (tertiary/aromatic N) is 3. The Kier molecular flexibility index (Phi) is 5.31. The number of carbonyl (C=O) groups excluding carboxylic acids is 1. The lowest BCUT2D eigenvalue weighted by Crippen LogP contribution is -1.98. The molecule has 0 bridgehead atoms. The number of H-pyrrole nitrogens is 1. The molecule has 0 saturated carbocycles. The van der Waals surface area contributed by atoms with Gasteiger partial charge in [-0.3, -0.25) is 9.89 Å². The number of pyridine rings is 1. The van der Waals surface area contributed by atoms with Crippen molar-refractivity contribution in [3.05, 3.63) is 36.4 Å². The number of anilines is 2. The monoisotopic (exact) mass is 386 g/mol. The van der Waals surface area contributed by atoms with Crippen LogP contribution in [0.2, 0.25) is 0 Å². The van der Waals surface area contributed by atoms with Crippen LogP contribution in [0.5, 0.6) is 0 Å². The number of amides is 1. The molecule has 0 radical (unpaired) electrons. The fourth-order valence-corrected chi connectivity index (χ4v) is 3.63. The summed E-state index contributed by atoms with van der Waals surface area (Å²) in [6.45, 7) is 4.00. The zero-order chi connectivity index (χ0) is 19.6. The van der Waals surface area contributed by atoms with Gasteiger partial charge in [-0.2, -0.15) is 10.2 Å². The summed E-state index contributed by atoms with van der Waals surface area (Å²) in [5, 5.41) is 14.2. The Morgan fingerprint density at radius 1 is 1.37 bits per heavy atom. The minimum absolute atomic E-state index is 0.0588. The number of halogens is 1. The van der Waals surface area contributed by atoms with Crippen molar-refractivity contribution in [2.75, 3.05) is 17.3 Å². The van der Waals surface area contributed by atoms with E-state index in [-0.39, 0.29) is 5.69 Å². The molecule has 4 rings (SSSR count). The Hall–Kier alpha value is -3.07. The van der Waals surface area contributed by atoms with Crippen LogP contribution in [-0.4, -0.2) is 32.5 Å². The maximum atomic E-state index is 14.7. The van der Waals surface area contributed by atoms with Crippen LogP contribution in [0, 0.1) is 5.82 Å². The Morgan fingerprint density at radius 3 is 2.85 bits per heavy atom.